The standard InChI is InChI=1S/C20H29N5OS.HI/c1-3-19-23-16(15-27-19)9-10-22-20(21-4-2)25-13-11-24(12-14-25)17-7-5-6-8-18(17)26;/h5-8,15,26H,3-4,9-14H2,1-2H3,(H,21,22);1H. The monoisotopic (exact) mass is 515 g/mol. The highest BCUT2D eigenvalue weighted by atomic mass is 127. The molecule has 0 aliphatic carbocycles. The largest absolute Gasteiger partial charge is 0.506 e. The molecule has 28 heavy (non-hydrogen) atoms. The molecule has 2 aromatic rings. The Labute approximate surface area is 188 Å². The highest BCUT2D eigenvalue weighted by Crippen LogP contribution is 2.27. The van der Waals surface area contributed by atoms with E-state index >= 15 is 0 Å². The molecule has 154 valence electrons. The molecule has 8 heteroatoms. The van der Waals surface area contributed by atoms with Gasteiger partial charge < -0.3 is 20.2 Å². The van der Waals surface area contributed by atoms with E-state index in [1.807, 2.05) is 18.2 Å². The van der Waals surface area contributed by atoms with Crippen molar-refractivity contribution in [2.45, 2.75) is 26.7 Å². The molecule has 0 amide bonds. The molecule has 0 bridgehead atoms. The van der Waals surface area contributed by atoms with Crippen molar-refractivity contribution in [3.05, 3.63) is 40.3 Å². The number of piperazine rings is 1. The summed E-state index contributed by atoms with van der Waals surface area (Å²) >= 11 is 1.73. The van der Waals surface area contributed by atoms with Crippen molar-refractivity contribution in [1.82, 2.24) is 15.2 Å². The van der Waals surface area contributed by atoms with Gasteiger partial charge in [-0.25, -0.2) is 4.98 Å². The first-order valence-corrected chi connectivity index (χ1v) is 10.6. The van der Waals surface area contributed by atoms with Gasteiger partial charge in [-0.15, -0.1) is 35.3 Å². The van der Waals surface area contributed by atoms with Crippen molar-refractivity contribution in [1.29, 1.82) is 0 Å². The molecule has 1 aromatic carbocycles. The SMILES string of the molecule is CCNC(=NCCc1csc(CC)n1)N1CCN(c2ccccc2O)CC1.I. The number of para-hydroxylation sites is 2. The molecule has 6 nitrogen and oxygen atoms in total. The number of hydrogen-bond acceptors (Lipinski definition) is 5. The van der Waals surface area contributed by atoms with E-state index in [1.54, 1.807) is 17.4 Å². The lowest BCUT2D eigenvalue weighted by Crippen LogP contribution is -2.52. The molecule has 0 spiro atoms. The van der Waals surface area contributed by atoms with Gasteiger partial charge in [-0.05, 0) is 25.5 Å². The summed E-state index contributed by atoms with van der Waals surface area (Å²) in [7, 11) is 0. The van der Waals surface area contributed by atoms with Crippen molar-refractivity contribution in [2.75, 3.05) is 44.2 Å². The fourth-order valence-electron chi connectivity index (χ4n) is 3.22. The van der Waals surface area contributed by atoms with Gasteiger partial charge in [-0.3, -0.25) is 4.99 Å². The van der Waals surface area contributed by atoms with Gasteiger partial charge in [-0.2, -0.15) is 0 Å². The lowest BCUT2D eigenvalue weighted by Gasteiger charge is -2.37. The Bertz CT molecular complexity index is 759. The van der Waals surface area contributed by atoms with Crippen molar-refractivity contribution in [2.24, 2.45) is 4.99 Å². The Morgan fingerprint density at radius 2 is 1.96 bits per heavy atom. The minimum atomic E-state index is 0. The first kappa shape index (κ1) is 22.7. The number of anilines is 1. The minimum Gasteiger partial charge on any atom is -0.506 e. The first-order chi connectivity index (χ1) is 13.2. The summed E-state index contributed by atoms with van der Waals surface area (Å²) in [4.78, 5) is 14.0. The van der Waals surface area contributed by atoms with Gasteiger partial charge in [0.1, 0.15) is 5.75 Å². The van der Waals surface area contributed by atoms with E-state index in [1.165, 1.54) is 5.01 Å². The van der Waals surface area contributed by atoms with Crippen LogP contribution in [0.15, 0.2) is 34.6 Å². The summed E-state index contributed by atoms with van der Waals surface area (Å²) in [5.74, 6) is 1.32. The zero-order valence-electron chi connectivity index (χ0n) is 16.6. The van der Waals surface area contributed by atoms with Crippen molar-refractivity contribution in [3.8, 4) is 5.75 Å². The summed E-state index contributed by atoms with van der Waals surface area (Å²) in [5.41, 5.74) is 2.05. The topological polar surface area (TPSA) is 64.0 Å². The number of hydrogen-bond donors (Lipinski definition) is 2. The minimum absolute atomic E-state index is 0. The third-order valence-corrected chi connectivity index (χ3v) is 5.71. The molecule has 1 aromatic heterocycles. The number of guanidine groups is 1. The van der Waals surface area contributed by atoms with Crippen LogP contribution < -0.4 is 10.2 Å². The number of thiazole rings is 1. The molecule has 0 atom stereocenters. The molecular formula is C20H30IN5OS. The zero-order chi connectivity index (χ0) is 19.1. The molecule has 0 unspecified atom stereocenters. The average molecular weight is 515 g/mol. The predicted octanol–water partition coefficient (Wildman–Crippen LogP) is 3.36. The third-order valence-electron chi connectivity index (χ3n) is 4.67. The molecule has 1 aliphatic rings. The zero-order valence-corrected chi connectivity index (χ0v) is 19.7. The maximum atomic E-state index is 10.1. The number of phenolic OH excluding ortho intramolecular Hbond substituents is 1. The third kappa shape index (κ3) is 5.97. The molecular weight excluding hydrogens is 485 g/mol. The van der Waals surface area contributed by atoms with Crippen molar-refractivity contribution in [3.63, 3.8) is 0 Å². The number of phenols is 1. The van der Waals surface area contributed by atoms with Gasteiger partial charge in [-0.1, -0.05) is 19.1 Å². The summed E-state index contributed by atoms with van der Waals surface area (Å²) in [5, 5.41) is 16.8. The van der Waals surface area contributed by atoms with E-state index in [9.17, 15) is 5.11 Å². The second-order valence-corrected chi connectivity index (χ2v) is 7.48. The van der Waals surface area contributed by atoms with Gasteiger partial charge in [0, 0.05) is 51.1 Å². The van der Waals surface area contributed by atoms with E-state index in [2.05, 4.69) is 39.3 Å². The predicted molar refractivity (Wildman–Crippen MR) is 128 cm³/mol. The number of nitrogens with one attached hydrogen (secondary N) is 1. The molecule has 1 fully saturated rings. The van der Waals surface area contributed by atoms with Gasteiger partial charge in [0.25, 0.3) is 0 Å². The van der Waals surface area contributed by atoms with Crippen LogP contribution in [-0.4, -0.2) is 60.2 Å². The second-order valence-electron chi connectivity index (χ2n) is 6.53. The maximum absolute atomic E-state index is 10.1. The summed E-state index contributed by atoms with van der Waals surface area (Å²) in [6.07, 6.45) is 1.88. The van der Waals surface area contributed by atoms with Crippen LogP contribution in [0.3, 0.4) is 0 Å². The number of aromatic hydroxyl groups is 1. The lowest BCUT2D eigenvalue weighted by molar-refractivity contribution is 0.370. The molecule has 0 saturated carbocycles. The second kappa shape index (κ2) is 11.5. The Balaban J connectivity index is 0.00000280. The quantitative estimate of drug-likeness (QED) is 0.351. The number of aromatic nitrogens is 1. The van der Waals surface area contributed by atoms with Gasteiger partial charge in [0.2, 0.25) is 0 Å². The van der Waals surface area contributed by atoms with E-state index in [-0.39, 0.29) is 24.0 Å². The van der Waals surface area contributed by atoms with Gasteiger partial charge in [0.05, 0.1) is 16.4 Å². The molecule has 1 saturated heterocycles. The highest BCUT2D eigenvalue weighted by molar-refractivity contribution is 14.0. The number of aryl methyl sites for hydroxylation is 1. The van der Waals surface area contributed by atoms with E-state index in [4.69, 9.17) is 4.99 Å². The Morgan fingerprint density at radius 3 is 2.61 bits per heavy atom. The summed E-state index contributed by atoms with van der Waals surface area (Å²) in [6, 6.07) is 7.55. The number of rotatable bonds is 6. The van der Waals surface area contributed by atoms with Crippen LogP contribution in [0, 0.1) is 0 Å². The average Bonchev–Trinajstić information content (AvgIpc) is 3.16. The highest BCUT2D eigenvalue weighted by Gasteiger charge is 2.21. The molecule has 2 heterocycles. The van der Waals surface area contributed by atoms with E-state index in [0.717, 1.165) is 69.5 Å². The van der Waals surface area contributed by atoms with E-state index < -0.39 is 0 Å². The van der Waals surface area contributed by atoms with Crippen LogP contribution in [0.4, 0.5) is 5.69 Å². The maximum Gasteiger partial charge on any atom is 0.194 e. The summed E-state index contributed by atoms with van der Waals surface area (Å²) in [6.45, 7) is 9.35. The Hall–Kier alpha value is -1.55. The number of nitrogens with zero attached hydrogens (tertiary/aromatic N) is 4. The van der Waals surface area contributed by atoms with Crippen LogP contribution in [-0.2, 0) is 12.8 Å². The molecule has 3 rings (SSSR count). The van der Waals surface area contributed by atoms with Crippen LogP contribution in [0.5, 0.6) is 5.75 Å². The molecule has 1 aliphatic heterocycles. The molecule has 2 N–H and O–H groups in total. The van der Waals surface area contributed by atoms with E-state index in [0.29, 0.717) is 5.75 Å². The molecule has 0 radical (unpaired) electrons. The van der Waals surface area contributed by atoms with Crippen molar-refractivity contribution >= 4 is 47.0 Å². The van der Waals surface area contributed by atoms with Crippen LogP contribution in [0.2, 0.25) is 0 Å². The normalized spacial score (nSPS) is 14.7. The smallest absolute Gasteiger partial charge is 0.194 e. The van der Waals surface area contributed by atoms with Crippen LogP contribution in [0.1, 0.15) is 24.5 Å². The van der Waals surface area contributed by atoms with Gasteiger partial charge in [0.15, 0.2) is 5.96 Å². The summed E-state index contributed by atoms with van der Waals surface area (Å²) < 4.78 is 0. The Kier molecular flexibility index (Phi) is 9.30. The number of benzene rings is 1. The number of aliphatic imine (C=N–C) groups is 1. The Morgan fingerprint density at radius 1 is 1.21 bits per heavy atom. The fraction of sp³-hybridized carbons (Fsp3) is 0.500. The lowest BCUT2D eigenvalue weighted by atomic mass is 10.2. The van der Waals surface area contributed by atoms with Crippen molar-refractivity contribution < 1.29 is 5.11 Å². The fourth-order valence-corrected chi connectivity index (χ4v) is 4.00. The van der Waals surface area contributed by atoms with Gasteiger partial charge >= 0.3 is 0 Å². The number of halogens is 1. The first-order valence-electron chi connectivity index (χ1n) is 9.70. The van der Waals surface area contributed by atoms with Crippen LogP contribution in [0.25, 0.3) is 0 Å². The van der Waals surface area contributed by atoms with Crippen LogP contribution >= 0.6 is 35.3 Å².